The fourth-order valence-electron chi connectivity index (χ4n) is 2.62. The van der Waals surface area contributed by atoms with Crippen molar-refractivity contribution >= 4 is 25.8 Å². The number of carbonyl (C=O) groups is 1. The summed E-state index contributed by atoms with van der Waals surface area (Å²) in [5, 5.41) is 2.64. The van der Waals surface area contributed by atoms with E-state index in [-0.39, 0.29) is 16.4 Å². The van der Waals surface area contributed by atoms with Gasteiger partial charge in [0, 0.05) is 0 Å². The average Bonchev–Trinajstić information content (AvgIpc) is 2.80. The molecule has 0 aromatic heterocycles. The van der Waals surface area contributed by atoms with E-state index in [0.29, 0.717) is 12.2 Å². The van der Waals surface area contributed by atoms with Crippen LogP contribution in [0.4, 0.5) is 0 Å². The molecule has 2 rings (SSSR count). The minimum absolute atomic E-state index is 0.00241. The lowest BCUT2D eigenvalue weighted by atomic mass is 10.0. The predicted octanol–water partition coefficient (Wildman–Crippen LogP) is 0.0554. The molecule has 8 nitrogen and oxygen atoms in total. The third-order valence-corrected chi connectivity index (χ3v) is 7.48. The Morgan fingerprint density at radius 1 is 1.28 bits per heavy atom. The highest BCUT2D eigenvalue weighted by Gasteiger charge is 2.40. The molecule has 0 aliphatic carbocycles. The van der Waals surface area contributed by atoms with Gasteiger partial charge in [-0.1, -0.05) is 0 Å². The number of ether oxygens (including phenoxy) is 1. The number of nitrogens with one attached hydrogen (secondary N) is 2. The van der Waals surface area contributed by atoms with Crippen LogP contribution in [0.25, 0.3) is 0 Å². The number of hydrogen-bond acceptors (Lipinski definition) is 6. The molecule has 2 atom stereocenters. The van der Waals surface area contributed by atoms with E-state index >= 15 is 0 Å². The Kier molecular flexibility index (Phi) is 5.45. The topological polar surface area (TPSA) is 119 Å². The first-order valence-corrected chi connectivity index (χ1v) is 11.0. The molecule has 1 heterocycles. The molecule has 1 amide bonds. The van der Waals surface area contributed by atoms with E-state index in [2.05, 4.69) is 10.0 Å². The van der Waals surface area contributed by atoms with E-state index in [4.69, 9.17) is 4.74 Å². The summed E-state index contributed by atoms with van der Waals surface area (Å²) >= 11 is 0. The molecular weight excluding hydrogens is 368 g/mol. The Morgan fingerprint density at radius 3 is 2.36 bits per heavy atom. The molecule has 25 heavy (non-hydrogen) atoms. The van der Waals surface area contributed by atoms with Crippen LogP contribution in [0.2, 0.25) is 0 Å². The molecule has 1 aliphatic heterocycles. The number of sulfone groups is 1. The van der Waals surface area contributed by atoms with Crippen LogP contribution in [0.3, 0.4) is 0 Å². The quantitative estimate of drug-likeness (QED) is 0.709. The standard InChI is InChI=1S/C15H22N2O6S2/c1-11(14(18)16-15(2)8-9-24(19,20)10-15)17-25(21,22)13-6-4-12(23-3)5-7-13/h4-7,11,17H,8-10H2,1-3H3,(H,16,18)/t11-,15?/m0/s1. The van der Waals surface area contributed by atoms with Crippen LogP contribution in [0.1, 0.15) is 20.3 Å². The van der Waals surface area contributed by atoms with Gasteiger partial charge in [-0.25, -0.2) is 16.8 Å². The van der Waals surface area contributed by atoms with E-state index in [0.717, 1.165) is 0 Å². The second-order valence-corrected chi connectivity index (χ2v) is 10.3. The summed E-state index contributed by atoms with van der Waals surface area (Å²) in [4.78, 5) is 12.3. The largest absolute Gasteiger partial charge is 0.497 e. The van der Waals surface area contributed by atoms with E-state index in [1.165, 1.54) is 38.3 Å². The molecule has 1 saturated heterocycles. The van der Waals surface area contributed by atoms with Crippen molar-refractivity contribution in [2.24, 2.45) is 0 Å². The minimum atomic E-state index is -3.89. The highest BCUT2D eigenvalue weighted by atomic mass is 32.2. The van der Waals surface area contributed by atoms with Crippen molar-refractivity contribution in [2.75, 3.05) is 18.6 Å². The SMILES string of the molecule is COc1ccc(S(=O)(=O)N[C@@H](C)C(=O)NC2(C)CCS(=O)(=O)C2)cc1. The molecule has 1 fully saturated rings. The first-order valence-electron chi connectivity index (χ1n) is 7.65. The Hall–Kier alpha value is -1.65. The first-order chi connectivity index (χ1) is 11.5. The van der Waals surface area contributed by atoms with Gasteiger partial charge in [0.15, 0.2) is 9.84 Å². The Morgan fingerprint density at radius 2 is 1.88 bits per heavy atom. The summed E-state index contributed by atoms with van der Waals surface area (Å²) in [6.45, 7) is 3.05. The van der Waals surface area contributed by atoms with Crippen LogP contribution >= 0.6 is 0 Å². The van der Waals surface area contributed by atoms with Gasteiger partial charge in [-0.2, -0.15) is 4.72 Å². The maximum absolute atomic E-state index is 12.3. The van der Waals surface area contributed by atoms with Crippen LogP contribution in [-0.4, -0.2) is 52.9 Å². The Labute approximate surface area is 147 Å². The number of hydrogen-bond donors (Lipinski definition) is 2. The predicted molar refractivity (Wildman–Crippen MR) is 92.6 cm³/mol. The van der Waals surface area contributed by atoms with Crippen molar-refractivity contribution in [3.8, 4) is 5.75 Å². The van der Waals surface area contributed by atoms with Gasteiger partial charge < -0.3 is 10.1 Å². The molecule has 2 N–H and O–H groups in total. The van der Waals surface area contributed by atoms with Crippen molar-refractivity contribution in [3.63, 3.8) is 0 Å². The van der Waals surface area contributed by atoms with Crippen LogP contribution in [-0.2, 0) is 24.7 Å². The lowest BCUT2D eigenvalue weighted by Gasteiger charge is -2.26. The fraction of sp³-hybridized carbons (Fsp3) is 0.533. The minimum Gasteiger partial charge on any atom is -0.497 e. The molecule has 1 aromatic rings. The molecule has 0 bridgehead atoms. The Balaban J connectivity index is 2.04. The van der Waals surface area contributed by atoms with Crippen molar-refractivity contribution in [1.82, 2.24) is 10.0 Å². The second-order valence-electron chi connectivity index (χ2n) is 6.41. The van der Waals surface area contributed by atoms with Gasteiger partial charge in [0.1, 0.15) is 5.75 Å². The van der Waals surface area contributed by atoms with Gasteiger partial charge in [0.25, 0.3) is 0 Å². The van der Waals surface area contributed by atoms with Crippen molar-refractivity contribution < 1.29 is 26.4 Å². The van der Waals surface area contributed by atoms with Gasteiger partial charge in [-0.3, -0.25) is 4.79 Å². The summed E-state index contributed by atoms with van der Waals surface area (Å²) in [5.41, 5.74) is -0.879. The summed E-state index contributed by atoms with van der Waals surface area (Å²) in [6, 6.07) is 4.70. The highest BCUT2D eigenvalue weighted by molar-refractivity contribution is 7.91. The Bertz CT molecular complexity index is 849. The van der Waals surface area contributed by atoms with Gasteiger partial charge in [-0.15, -0.1) is 0 Å². The number of rotatable bonds is 6. The lowest BCUT2D eigenvalue weighted by molar-refractivity contribution is -0.123. The zero-order valence-corrected chi connectivity index (χ0v) is 15.9. The van der Waals surface area contributed by atoms with Crippen molar-refractivity contribution in [1.29, 1.82) is 0 Å². The van der Waals surface area contributed by atoms with Crippen molar-refractivity contribution in [3.05, 3.63) is 24.3 Å². The molecular formula is C15H22N2O6S2. The zero-order chi connectivity index (χ0) is 18.9. The summed E-state index contributed by atoms with van der Waals surface area (Å²) in [6.07, 6.45) is 0.305. The average molecular weight is 390 g/mol. The first kappa shape index (κ1) is 19.7. The van der Waals surface area contributed by atoms with Crippen LogP contribution in [0.5, 0.6) is 5.75 Å². The third kappa shape index (κ3) is 4.93. The van der Waals surface area contributed by atoms with E-state index < -0.39 is 37.3 Å². The molecule has 0 saturated carbocycles. The van der Waals surface area contributed by atoms with E-state index in [1.807, 2.05) is 0 Å². The molecule has 1 aliphatic rings. The van der Waals surface area contributed by atoms with E-state index in [9.17, 15) is 21.6 Å². The normalized spacial score (nSPS) is 23.8. The van der Waals surface area contributed by atoms with Gasteiger partial charge >= 0.3 is 0 Å². The second kappa shape index (κ2) is 6.93. The number of carbonyl (C=O) groups excluding carboxylic acids is 1. The van der Waals surface area contributed by atoms with Gasteiger partial charge in [0.2, 0.25) is 15.9 Å². The van der Waals surface area contributed by atoms with Crippen LogP contribution in [0.15, 0.2) is 29.2 Å². The van der Waals surface area contributed by atoms with Gasteiger partial charge in [0.05, 0.1) is 35.1 Å². The van der Waals surface area contributed by atoms with Crippen molar-refractivity contribution in [2.45, 2.75) is 36.7 Å². The molecule has 10 heteroatoms. The lowest BCUT2D eigenvalue weighted by Crippen LogP contribution is -2.53. The fourth-order valence-corrected chi connectivity index (χ4v) is 5.92. The number of sulfonamides is 1. The molecule has 1 aromatic carbocycles. The smallest absolute Gasteiger partial charge is 0.241 e. The van der Waals surface area contributed by atoms with Crippen LogP contribution in [0, 0.1) is 0 Å². The summed E-state index contributed by atoms with van der Waals surface area (Å²) in [7, 11) is -5.60. The highest BCUT2D eigenvalue weighted by Crippen LogP contribution is 2.23. The summed E-state index contributed by atoms with van der Waals surface area (Å²) < 4.78 is 55.1. The zero-order valence-electron chi connectivity index (χ0n) is 14.3. The van der Waals surface area contributed by atoms with E-state index in [1.54, 1.807) is 6.92 Å². The number of amides is 1. The molecule has 0 radical (unpaired) electrons. The monoisotopic (exact) mass is 390 g/mol. The van der Waals surface area contributed by atoms with Gasteiger partial charge in [-0.05, 0) is 44.5 Å². The molecule has 0 spiro atoms. The molecule has 1 unspecified atom stereocenters. The molecule has 140 valence electrons. The maximum Gasteiger partial charge on any atom is 0.241 e. The van der Waals surface area contributed by atoms with Crippen LogP contribution < -0.4 is 14.8 Å². The summed E-state index contributed by atoms with van der Waals surface area (Å²) in [5.74, 6) is -0.198. The maximum atomic E-state index is 12.3. The third-order valence-electron chi connectivity index (χ3n) is 4.02. The number of benzene rings is 1. The number of methoxy groups -OCH3 is 1.